The number of nitrogen functional groups attached to an aromatic ring is 1. The highest BCUT2D eigenvalue weighted by Crippen LogP contribution is 2.34. The molecule has 1 atom stereocenters. The number of hydrogen-bond acceptors (Lipinski definition) is 5. The molecular formula is C13H12F3N5OS. The molecule has 1 aliphatic rings. The van der Waals surface area contributed by atoms with Crippen LogP contribution in [0.5, 0.6) is 0 Å². The number of aromatic nitrogens is 3. The molecular weight excluding hydrogens is 331 g/mol. The molecule has 1 fully saturated rings. The van der Waals surface area contributed by atoms with Crippen LogP contribution in [0.3, 0.4) is 0 Å². The smallest absolute Gasteiger partial charge is 0.335 e. The largest absolute Gasteiger partial charge is 0.453 e. The summed E-state index contributed by atoms with van der Waals surface area (Å²) >= 11 is 0.894. The molecule has 2 heterocycles. The van der Waals surface area contributed by atoms with Gasteiger partial charge in [-0.05, 0) is 18.6 Å². The van der Waals surface area contributed by atoms with Crippen molar-refractivity contribution < 1.29 is 18.0 Å². The molecule has 1 amide bonds. The van der Waals surface area contributed by atoms with Crippen molar-refractivity contribution in [1.82, 2.24) is 14.9 Å². The lowest BCUT2D eigenvalue weighted by Crippen LogP contribution is -2.28. The van der Waals surface area contributed by atoms with Crippen LogP contribution in [0.2, 0.25) is 0 Å². The van der Waals surface area contributed by atoms with Gasteiger partial charge >= 0.3 is 6.18 Å². The maximum Gasteiger partial charge on any atom is 0.453 e. The number of carbonyl (C=O) groups is 1. The standard InChI is InChI=1S/C13H12F3N5OS/c14-13(15,16)11-18-19-12(21(11)17)23-9-6-7-20(10(9)22)8-4-2-1-3-5-8/h1-5,9H,6-7,17H2/t9-/m0/s1. The number of benzene rings is 1. The second-order valence-electron chi connectivity index (χ2n) is 4.89. The van der Waals surface area contributed by atoms with Crippen molar-refractivity contribution in [2.45, 2.75) is 23.0 Å². The third-order valence-electron chi connectivity index (χ3n) is 3.39. The van der Waals surface area contributed by atoms with Gasteiger partial charge in [0.1, 0.15) is 0 Å². The first kappa shape index (κ1) is 15.7. The summed E-state index contributed by atoms with van der Waals surface area (Å²) in [5.41, 5.74) is 0.755. The van der Waals surface area contributed by atoms with E-state index in [1.807, 2.05) is 18.2 Å². The molecule has 0 spiro atoms. The Hall–Kier alpha value is -2.23. The van der Waals surface area contributed by atoms with Crippen LogP contribution in [0.15, 0.2) is 35.5 Å². The summed E-state index contributed by atoms with van der Waals surface area (Å²) in [6.45, 7) is 0.491. The third kappa shape index (κ3) is 2.98. The molecule has 1 saturated heterocycles. The zero-order valence-electron chi connectivity index (χ0n) is 11.7. The van der Waals surface area contributed by atoms with Gasteiger partial charge in [0, 0.05) is 12.2 Å². The van der Waals surface area contributed by atoms with Crippen molar-refractivity contribution >= 4 is 23.4 Å². The molecule has 1 aromatic carbocycles. The van der Waals surface area contributed by atoms with E-state index >= 15 is 0 Å². The molecule has 2 N–H and O–H groups in total. The van der Waals surface area contributed by atoms with Crippen molar-refractivity contribution in [2.75, 3.05) is 17.3 Å². The van der Waals surface area contributed by atoms with E-state index in [1.54, 1.807) is 17.0 Å². The summed E-state index contributed by atoms with van der Waals surface area (Å²) in [4.78, 5) is 14.0. The fraction of sp³-hybridized carbons (Fsp3) is 0.308. The SMILES string of the molecule is Nn1c(S[C@H]2CCN(c3ccccc3)C2=O)nnc1C(F)(F)F. The first-order chi connectivity index (χ1) is 10.9. The van der Waals surface area contributed by atoms with Crippen LogP contribution < -0.4 is 10.7 Å². The molecule has 0 aliphatic carbocycles. The highest BCUT2D eigenvalue weighted by atomic mass is 32.2. The summed E-state index contributed by atoms with van der Waals surface area (Å²) < 4.78 is 38.3. The Morgan fingerprint density at radius 3 is 2.52 bits per heavy atom. The molecule has 0 radical (unpaired) electrons. The fourth-order valence-electron chi connectivity index (χ4n) is 2.31. The van der Waals surface area contributed by atoms with Crippen molar-refractivity contribution in [1.29, 1.82) is 0 Å². The Kier molecular flexibility index (Phi) is 3.92. The summed E-state index contributed by atoms with van der Waals surface area (Å²) in [6, 6.07) is 9.08. The number of thioether (sulfide) groups is 1. The first-order valence-electron chi connectivity index (χ1n) is 6.68. The van der Waals surface area contributed by atoms with Gasteiger partial charge in [-0.1, -0.05) is 30.0 Å². The quantitative estimate of drug-likeness (QED) is 0.862. The molecule has 122 valence electrons. The molecule has 0 bridgehead atoms. The lowest BCUT2D eigenvalue weighted by atomic mass is 10.3. The second kappa shape index (κ2) is 5.76. The molecule has 1 aromatic heterocycles. The van der Waals surface area contributed by atoms with Crippen molar-refractivity contribution in [3.05, 3.63) is 36.2 Å². The second-order valence-corrected chi connectivity index (χ2v) is 6.06. The Bertz CT molecular complexity index is 718. The number of nitrogens with two attached hydrogens (primary N) is 1. The number of halogens is 3. The monoisotopic (exact) mass is 343 g/mol. The normalized spacial score (nSPS) is 18.7. The van der Waals surface area contributed by atoms with E-state index in [2.05, 4.69) is 10.2 Å². The van der Waals surface area contributed by atoms with Gasteiger partial charge in [-0.25, -0.2) is 4.68 Å². The molecule has 0 unspecified atom stereocenters. The Morgan fingerprint density at radius 2 is 1.91 bits per heavy atom. The van der Waals surface area contributed by atoms with Gasteiger partial charge in [0.05, 0.1) is 5.25 Å². The first-order valence-corrected chi connectivity index (χ1v) is 7.56. The number of carbonyl (C=O) groups excluding carboxylic acids is 1. The average Bonchev–Trinajstić information content (AvgIpc) is 3.05. The molecule has 10 heteroatoms. The predicted molar refractivity (Wildman–Crippen MR) is 78.2 cm³/mol. The lowest BCUT2D eigenvalue weighted by Gasteiger charge is -2.16. The number of rotatable bonds is 3. The number of hydrogen-bond donors (Lipinski definition) is 1. The van der Waals surface area contributed by atoms with E-state index in [-0.39, 0.29) is 11.1 Å². The number of amides is 1. The van der Waals surface area contributed by atoms with Gasteiger partial charge in [0.25, 0.3) is 5.82 Å². The van der Waals surface area contributed by atoms with Crippen LogP contribution >= 0.6 is 11.8 Å². The zero-order valence-corrected chi connectivity index (χ0v) is 12.5. The molecule has 1 aliphatic heterocycles. The van der Waals surface area contributed by atoms with E-state index in [1.165, 1.54) is 0 Å². The Morgan fingerprint density at radius 1 is 1.22 bits per heavy atom. The van der Waals surface area contributed by atoms with Crippen LogP contribution in [0.1, 0.15) is 12.2 Å². The van der Waals surface area contributed by atoms with Crippen LogP contribution in [-0.4, -0.2) is 32.6 Å². The van der Waals surface area contributed by atoms with E-state index in [4.69, 9.17) is 5.84 Å². The van der Waals surface area contributed by atoms with Gasteiger partial charge in [0.2, 0.25) is 11.1 Å². The van der Waals surface area contributed by atoms with E-state index in [0.29, 0.717) is 17.6 Å². The molecule has 23 heavy (non-hydrogen) atoms. The van der Waals surface area contributed by atoms with E-state index < -0.39 is 17.3 Å². The number of alkyl halides is 3. The number of para-hydroxylation sites is 1. The average molecular weight is 343 g/mol. The van der Waals surface area contributed by atoms with Crippen molar-refractivity contribution in [3.8, 4) is 0 Å². The minimum Gasteiger partial charge on any atom is -0.335 e. The maximum absolute atomic E-state index is 12.6. The number of nitrogens with zero attached hydrogens (tertiary/aromatic N) is 4. The fourth-order valence-corrected chi connectivity index (χ4v) is 3.30. The van der Waals surface area contributed by atoms with Crippen LogP contribution in [0.4, 0.5) is 18.9 Å². The minimum absolute atomic E-state index is 0.134. The van der Waals surface area contributed by atoms with Gasteiger partial charge in [0.15, 0.2) is 0 Å². The molecule has 6 nitrogen and oxygen atoms in total. The Labute approximate surface area is 133 Å². The summed E-state index contributed by atoms with van der Waals surface area (Å²) in [7, 11) is 0. The summed E-state index contributed by atoms with van der Waals surface area (Å²) in [5.74, 6) is 3.92. The molecule has 0 saturated carbocycles. The zero-order chi connectivity index (χ0) is 16.6. The molecule has 3 rings (SSSR count). The summed E-state index contributed by atoms with van der Waals surface area (Å²) in [6.07, 6.45) is -4.19. The summed E-state index contributed by atoms with van der Waals surface area (Å²) in [5, 5.41) is 5.81. The highest BCUT2D eigenvalue weighted by Gasteiger charge is 2.40. The Balaban J connectivity index is 1.75. The predicted octanol–water partition coefficient (Wildman–Crippen LogP) is 1.91. The van der Waals surface area contributed by atoms with Crippen molar-refractivity contribution in [2.24, 2.45) is 0 Å². The molecule has 2 aromatic rings. The third-order valence-corrected chi connectivity index (χ3v) is 4.60. The van der Waals surface area contributed by atoms with Crippen LogP contribution in [0.25, 0.3) is 0 Å². The van der Waals surface area contributed by atoms with Gasteiger partial charge in [-0.3, -0.25) is 4.79 Å². The topological polar surface area (TPSA) is 77.0 Å². The van der Waals surface area contributed by atoms with Crippen LogP contribution in [0, 0.1) is 0 Å². The highest BCUT2D eigenvalue weighted by molar-refractivity contribution is 8.00. The van der Waals surface area contributed by atoms with Gasteiger partial charge in [-0.15, -0.1) is 10.2 Å². The van der Waals surface area contributed by atoms with E-state index in [0.717, 1.165) is 17.4 Å². The van der Waals surface area contributed by atoms with E-state index in [9.17, 15) is 18.0 Å². The van der Waals surface area contributed by atoms with Gasteiger partial charge < -0.3 is 10.7 Å². The van der Waals surface area contributed by atoms with Gasteiger partial charge in [-0.2, -0.15) is 13.2 Å². The lowest BCUT2D eigenvalue weighted by molar-refractivity contribution is -0.146. The minimum atomic E-state index is -4.68. The van der Waals surface area contributed by atoms with Crippen LogP contribution in [-0.2, 0) is 11.0 Å². The number of anilines is 1. The maximum atomic E-state index is 12.6. The van der Waals surface area contributed by atoms with Crippen molar-refractivity contribution in [3.63, 3.8) is 0 Å².